The van der Waals surface area contributed by atoms with E-state index in [4.69, 9.17) is 9.47 Å². The van der Waals surface area contributed by atoms with Crippen molar-refractivity contribution in [3.8, 4) is 0 Å². The van der Waals surface area contributed by atoms with Crippen molar-refractivity contribution < 1.29 is 28.7 Å². The maximum atomic E-state index is 11.8. The van der Waals surface area contributed by atoms with E-state index in [0.717, 1.165) is 0 Å². The summed E-state index contributed by atoms with van der Waals surface area (Å²) in [6.07, 6.45) is -0.0471. The van der Waals surface area contributed by atoms with E-state index in [2.05, 4.69) is 5.32 Å². The molecule has 0 atom stereocenters. The fraction of sp³-hybridized carbons (Fsp3) is 0.263. The second kappa shape index (κ2) is 10.2. The minimum Gasteiger partial charge on any atom is -0.462 e. The standard InChI is InChI=1S/C19H19NO6S/c1-2-25-19(24)13-5-7-14(8-6-13)20-17(22)12-26-18(23)10-9-15(21)16-4-3-11-27-16/h3-8,11H,2,9-10,12H2,1H3,(H,20,22). The molecule has 8 heteroatoms. The van der Waals surface area contributed by atoms with Crippen LogP contribution in [0.3, 0.4) is 0 Å². The molecule has 142 valence electrons. The number of amides is 1. The summed E-state index contributed by atoms with van der Waals surface area (Å²) in [5.74, 6) is -1.71. The largest absolute Gasteiger partial charge is 0.462 e. The number of hydrogen-bond acceptors (Lipinski definition) is 7. The Morgan fingerprint density at radius 3 is 2.37 bits per heavy atom. The number of anilines is 1. The summed E-state index contributed by atoms with van der Waals surface area (Å²) in [6.45, 7) is 1.54. The van der Waals surface area contributed by atoms with E-state index in [9.17, 15) is 19.2 Å². The van der Waals surface area contributed by atoms with Crippen LogP contribution in [0.5, 0.6) is 0 Å². The summed E-state index contributed by atoms with van der Waals surface area (Å²) >= 11 is 1.31. The van der Waals surface area contributed by atoms with Gasteiger partial charge in [-0.25, -0.2) is 4.79 Å². The van der Waals surface area contributed by atoms with Crippen molar-refractivity contribution in [2.24, 2.45) is 0 Å². The highest BCUT2D eigenvalue weighted by atomic mass is 32.1. The minimum atomic E-state index is -0.618. The van der Waals surface area contributed by atoms with Crippen LogP contribution in [0, 0.1) is 0 Å². The number of benzene rings is 1. The molecule has 0 aliphatic rings. The highest BCUT2D eigenvalue weighted by Gasteiger charge is 2.13. The molecule has 1 amide bonds. The van der Waals surface area contributed by atoms with Gasteiger partial charge in [-0.2, -0.15) is 0 Å². The van der Waals surface area contributed by atoms with E-state index in [-0.39, 0.29) is 25.2 Å². The van der Waals surface area contributed by atoms with Crippen LogP contribution < -0.4 is 5.32 Å². The van der Waals surface area contributed by atoms with Crippen LogP contribution in [0.15, 0.2) is 41.8 Å². The molecular weight excluding hydrogens is 370 g/mol. The monoisotopic (exact) mass is 389 g/mol. The first-order chi connectivity index (χ1) is 13.0. The number of carbonyl (C=O) groups is 4. The van der Waals surface area contributed by atoms with Crippen LogP contribution in [0.4, 0.5) is 5.69 Å². The summed E-state index contributed by atoms with van der Waals surface area (Å²) < 4.78 is 9.73. The number of rotatable bonds is 9. The van der Waals surface area contributed by atoms with Gasteiger partial charge < -0.3 is 14.8 Å². The van der Waals surface area contributed by atoms with E-state index < -0.39 is 24.5 Å². The van der Waals surface area contributed by atoms with Gasteiger partial charge >= 0.3 is 11.9 Å². The van der Waals surface area contributed by atoms with E-state index in [1.807, 2.05) is 0 Å². The van der Waals surface area contributed by atoms with Crippen LogP contribution in [-0.4, -0.2) is 36.8 Å². The van der Waals surface area contributed by atoms with Crippen molar-refractivity contribution in [1.82, 2.24) is 0 Å². The molecule has 27 heavy (non-hydrogen) atoms. The third kappa shape index (κ3) is 6.67. The Bertz CT molecular complexity index is 798. The normalized spacial score (nSPS) is 10.1. The smallest absolute Gasteiger partial charge is 0.338 e. The molecule has 0 spiro atoms. The molecule has 1 aromatic carbocycles. The fourth-order valence-corrected chi connectivity index (χ4v) is 2.79. The zero-order valence-electron chi connectivity index (χ0n) is 14.7. The number of ether oxygens (including phenoxy) is 2. The Morgan fingerprint density at radius 2 is 1.74 bits per heavy atom. The van der Waals surface area contributed by atoms with E-state index in [1.165, 1.54) is 23.5 Å². The van der Waals surface area contributed by atoms with Gasteiger partial charge in [0, 0.05) is 12.1 Å². The number of hydrogen-bond donors (Lipinski definition) is 1. The predicted octanol–water partition coefficient (Wildman–Crippen LogP) is 3.07. The van der Waals surface area contributed by atoms with E-state index in [0.29, 0.717) is 16.1 Å². The zero-order valence-corrected chi connectivity index (χ0v) is 15.5. The molecule has 1 aromatic heterocycles. The topological polar surface area (TPSA) is 98.8 Å². The summed E-state index contributed by atoms with van der Waals surface area (Å²) in [4.78, 5) is 47.4. The van der Waals surface area contributed by atoms with Crippen molar-refractivity contribution in [2.75, 3.05) is 18.5 Å². The summed E-state index contributed by atoms with van der Waals surface area (Å²) in [6, 6.07) is 9.60. The van der Waals surface area contributed by atoms with E-state index in [1.54, 1.807) is 36.6 Å². The number of thiophene rings is 1. The van der Waals surface area contributed by atoms with Crippen LogP contribution in [0.1, 0.15) is 39.8 Å². The summed E-state index contributed by atoms with van der Waals surface area (Å²) in [5.41, 5.74) is 0.827. The molecule has 0 unspecified atom stereocenters. The van der Waals surface area contributed by atoms with Crippen molar-refractivity contribution in [3.05, 3.63) is 52.2 Å². The lowest BCUT2D eigenvalue weighted by atomic mass is 10.2. The van der Waals surface area contributed by atoms with Crippen molar-refractivity contribution in [2.45, 2.75) is 19.8 Å². The molecule has 0 aliphatic carbocycles. The average Bonchev–Trinajstić information content (AvgIpc) is 3.20. The number of nitrogens with one attached hydrogen (secondary N) is 1. The number of Topliss-reactive ketones (excluding diaryl/α,β-unsaturated/α-hetero) is 1. The average molecular weight is 389 g/mol. The Balaban J connectivity index is 1.71. The molecule has 0 fully saturated rings. The van der Waals surface area contributed by atoms with Crippen molar-refractivity contribution in [3.63, 3.8) is 0 Å². The highest BCUT2D eigenvalue weighted by molar-refractivity contribution is 7.12. The maximum Gasteiger partial charge on any atom is 0.338 e. The minimum absolute atomic E-state index is 0.0380. The predicted molar refractivity (Wildman–Crippen MR) is 99.9 cm³/mol. The molecule has 0 radical (unpaired) electrons. The van der Waals surface area contributed by atoms with Crippen LogP contribution in [0.25, 0.3) is 0 Å². The Kier molecular flexibility index (Phi) is 7.69. The first-order valence-corrected chi connectivity index (χ1v) is 9.17. The molecule has 0 bridgehead atoms. The van der Waals surface area contributed by atoms with Gasteiger partial charge in [-0.05, 0) is 42.6 Å². The van der Waals surface area contributed by atoms with Gasteiger partial charge in [-0.1, -0.05) is 6.07 Å². The second-order valence-electron chi connectivity index (χ2n) is 5.41. The van der Waals surface area contributed by atoms with Gasteiger partial charge in [-0.3, -0.25) is 14.4 Å². The van der Waals surface area contributed by atoms with Gasteiger partial charge in [0.15, 0.2) is 12.4 Å². The lowest BCUT2D eigenvalue weighted by Gasteiger charge is -2.07. The molecular formula is C19H19NO6S. The van der Waals surface area contributed by atoms with Crippen LogP contribution >= 0.6 is 11.3 Å². The Labute approximate surface area is 160 Å². The Morgan fingerprint density at radius 1 is 1.00 bits per heavy atom. The molecule has 0 saturated heterocycles. The van der Waals surface area contributed by atoms with Crippen LogP contribution in [0.2, 0.25) is 0 Å². The van der Waals surface area contributed by atoms with Gasteiger partial charge in [0.1, 0.15) is 0 Å². The second-order valence-corrected chi connectivity index (χ2v) is 6.35. The van der Waals surface area contributed by atoms with E-state index >= 15 is 0 Å². The third-order valence-electron chi connectivity index (χ3n) is 3.40. The SMILES string of the molecule is CCOC(=O)c1ccc(NC(=O)COC(=O)CCC(=O)c2cccs2)cc1. The number of ketones is 1. The molecule has 7 nitrogen and oxygen atoms in total. The summed E-state index contributed by atoms with van der Waals surface area (Å²) in [7, 11) is 0. The highest BCUT2D eigenvalue weighted by Crippen LogP contribution is 2.13. The third-order valence-corrected chi connectivity index (χ3v) is 4.31. The molecule has 0 saturated carbocycles. The first kappa shape index (κ1) is 20.3. The first-order valence-electron chi connectivity index (χ1n) is 8.29. The molecule has 1 N–H and O–H groups in total. The van der Waals surface area contributed by atoms with Crippen LogP contribution in [-0.2, 0) is 19.1 Å². The Hall–Kier alpha value is -3.00. The maximum absolute atomic E-state index is 11.8. The van der Waals surface area contributed by atoms with Gasteiger partial charge in [-0.15, -0.1) is 11.3 Å². The lowest BCUT2D eigenvalue weighted by Crippen LogP contribution is -2.21. The van der Waals surface area contributed by atoms with Gasteiger partial charge in [0.05, 0.1) is 23.5 Å². The molecule has 0 aliphatic heterocycles. The quantitative estimate of drug-likeness (QED) is 0.523. The van der Waals surface area contributed by atoms with Crippen molar-refractivity contribution in [1.29, 1.82) is 0 Å². The molecule has 2 aromatic rings. The van der Waals surface area contributed by atoms with Gasteiger partial charge in [0.25, 0.3) is 5.91 Å². The van der Waals surface area contributed by atoms with Crippen molar-refractivity contribution >= 4 is 40.7 Å². The lowest BCUT2D eigenvalue weighted by molar-refractivity contribution is -0.147. The number of esters is 2. The summed E-state index contributed by atoms with van der Waals surface area (Å²) in [5, 5.41) is 4.34. The fourth-order valence-electron chi connectivity index (χ4n) is 2.10. The zero-order chi connectivity index (χ0) is 19.6. The molecule has 1 heterocycles. The van der Waals surface area contributed by atoms with Gasteiger partial charge in [0.2, 0.25) is 0 Å². The number of carbonyl (C=O) groups excluding carboxylic acids is 4. The molecule has 2 rings (SSSR count).